The summed E-state index contributed by atoms with van der Waals surface area (Å²) in [6, 6.07) is 6.06. The number of anilines is 1. The number of aryl methyl sites for hydroxylation is 1. The number of halogens is 2. The fourth-order valence-electron chi connectivity index (χ4n) is 8.09. The lowest BCUT2D eigenvalue weighted by molar-refractivity contribution is 0.0133. The lowest BCUT2D eigenvalue weighted by Gasteiger charge is -2.44. The number of aromatic nitrogens is 5. The van der Waals surface area contributed by atoms with Crippen molar-refractivity contribution in [1.82, 2.24) is 29.6 Å². The number of hydrogen-bond acceptors (Lipinski definition) is 8. The second kappa shape index (κ2) is 10.6. The van der Waals surface area contributed by atoms with Crippen molar-refractivity contribution < 1.29 is 18.6 Å². The minimum atomic E-state index is -0.741. The molecule has 0 spiro atoms. The van der Waals surface area contributed by atoms with E-state index in [1.807, 2.05) is 18.1 Å². The highest BCUT2D eigenvalue weighted by molar-refractivity contribution is 6.03. The molecule has 0 unspecified atom stereocenters. The van der Waals surface area contributed by atoms with Gasteiger partial charge < -0.3 is 19.6 Å². The van der Waals surface area contributed by atoms with Gasteiger partial charge in [-0.15, -0.1) is 6.42 Å². The summed E-state index contributed by atoms with van der Waals surface area (Å²) in [5.74, 6) is 1.39. The number of ether oxygens (including phenoxy) is 1. The summed E-state index contributed by atoms with van der Waals surface area (Å²) in [7, 11) is 4.07. The molecule has 2 atom stereocenters. The molecule has 11 heteroatoms. The monoisotopic (exact) mass is 621 g/mol. The maximum Gasteiger partial charge on any atom is 0.319 e. The molecule has 3 aliphatic rings. The van der Waals surface area contributed by atoms with Crippen LogP contribution < -0.4 is 9.64 Å². The third-order valence-electron chi connectivity index (χ3n) is 10.2. The third-order valence-corrected chi connectivity index (χ3v) is 10.2. The minimum Gasteiger partial charge on any atom is -0.508 e. The second-order valence-corrected chi connectivity index (χ2v) is 12.9. The molecule has 2 aliphatic heterocycles. The van der Waals surface area contributed by atoms with E-state index in [1.165, 1.54) is 30.5 Å². The van der Waals surface area contributed by atoms with Crippen LogP contribution in [-0.4, -0.2) is 61.0 Å². The fourth-order valence-corrected chi connectivity index (χ4v) is 8.09. The van der Waals surface area contributed by atoms with E-state index in [4.69, 9.17) is 16.1 Å². The topological polar surface area (TPSA) is 92.4 Å². The van der Waals surface area contributed by atoms with Gasteiger partial charge in [-0.3, -0.25) is 9.67 Å². The smallest absolute Gasteiger partial charge is 0.319 e. The molecule has 1 aliphatic carbocycles. The van der Waals surface area contributed by atoms with Gasteiger partial charge in [0.2, 0.25) is 0 Å². The van der Waals surface area contributed by atoms with Crippen LogP contribution in [0.1, 0.15) is 48.9 Å². The van der Waals surface area contributed by atoms with E-state index < -0.39 is 11.6 Å². The molecule has 0 bridgehead atoms. The van der Waals surface area contributed by atoms with Gasteiger partial charge in [-0.25, -0.2) is 8.78 Å². The predicted molar refractivity (Wildman–Crippen MR) is 170 cm³/mol. The average molecular weight is 622 g/mol. The lowest BCUT2D eigenvalue weighted by Crippen LogP contribution is -2.50. The van der Waals surface area contributed by atoms with Gasteiger partial charge >= 0.3 is 6.01 Å². The standard InChI is InChI=1S/C35H33F2N7O2/c1-4-23-26(36)9-8-20-13-22(45)14-24(29(20)23)31-30(37)32-25(15-38-31)33(44-17-21-16-43(3)41-27(21)18-44)40-34(39-32)46-19-35-10-5-7-28(35)42(2)12-6-11-35/h1,8-9,13-16,28,45H,5-7,10-12,17-19H2,2-3H3/t28-,35-/m1/s1. The van der Waals surface area contributed by atoms with Crippen LogP contribution in [-0.2, 0) is 20.1 Å². The Bertz CT molecular complexity index is 2070. The molecule has 2 fully saturated rings. The highest BCUT2D eigenvalue weighted by Crippen LogP contribution is 2.48. The minimum absolute atomic E-state index is 0.00158. The maximum atomic E-state index is 16.8. The van der Waals surface area contributed by atoms with Crippen molar-refractivity contribution in [3.8, 4) is 35.4 Å². The molecular weight excluding hydrogens is 588 g/mol. The largest absolute Gasteiger partial charge is 0.508 e. The molecule has 234 valence electrons. The van der Waals surface area contributed by atoms with E-state index in [0.29, 0.717) is 42.3 Å². The highest BCUT2D eigenvalue weighted by Gasteiger charge is 2.47. The Hall–Kier alpha value is -4.82. The first-order valence-corrected chi connectivity index (χ1v) is 15.6. The summed E-state index contributed by atoms with van der Waals surface area (Å²) >= 11 is 0. The zero-order valence-electron chi connectivity index (χ0n) is 25.7. The number of phenols is 1. The average Bonchev–Trinajstić information content (AvgIpc) is 3.74. The van der Waals surface area contributed by atoms with Gasteiger partial charge in [0.15, 0.2) is 5.82 Å². The number of benzene rings is 2. The van der Waals surface area contributed by atoms with Gasteiger partial charge in [-0.05, 0) is 62.9 Å². The molecule has 8 rings (SSSR count). The first-order chi connectivity index (χ1) is 22.2. The van der Waals surface area contributed by atoms with E-state index >= 15 is 4.39 Å². The van der Waals surface area contributed by atoms with Crippen LogP contribution in [0.2, 0.25) is 0 Å². The van der Waals surface area contributed by atoms with Gasteiger partial charge in [-0.1, -0.05) is 18.4 Å². The first kappa shape index (κ1) is 28.6. The molecule has 5 aromatic rings. The van der Waals surface area contributed by atoms with E-state index in [-0.39, 0.29) is 44.9 Å². The number of nitrogens with zero attached hydrogens (tertiary/aromatic N) is 7. The Morgan fingerprint density at radius 2 is 1.98 bits per heavy atom. The quantitative estimate of drug-likeness (QED) is 0.250. The zero-order valence-corrected chi connectivity index (χ0v) is 25.7. The van der Waals surface area contributed by atoms with Crippen LogP contribution in [0.25, 0.3) is 32.9 Å². The van der Waals surface area contributed by atoms with E-state index in [1.54, 1.807) is 4.68 Å². The summed E-state index contributed by atoms with van der Waals surface area (Å²) in [6.07, 6.45) is 14.7. The third kappa shape index (κ3) is 4.46. The summed E-state index contributed by atoms with van der Waals surface area (Å²) < 4.78 is 39.9. The molecule has 0 amide bonds. The summed E-state index contributed by atoms with van der Waals surface area (Å²) in [6.45, 7) is 2.54. The van der Waals surface area contributed by atoms with Gasteiger partial charge in [0.25, 0.3) is 0 Å². The molecule has 1 saturated carbocycles. The number of terminal acetylenes is 1. The van der Waals surface area contributed by atoms with Crippen LogP contribution >= 0.6 is 0 Å². The van der Waals surface area contributed by atoms with Gasteiger partial charge in [0.05, 0.1) is 29.8 Å². The van der Waals surface area contributed by atoms with E-state index in [0.717, 1.165) is 49.9 Å². The Morgan fingerprint density at radius 1 is 1.13 bits per heavy atom. The number of likely N-dealkylation sites (tertiary alicyclic amines) is 1. The van der Waals surface area contributed by atoms with Crippen LogP contribution in [0.4, 0.5) is 14.6 Å². The van der Waals surface area contributed by atoms with E-state index in [2.05, 4.69) is 32.9 Å². The lowest BCUT2D eigenvalue weighted by atomic mass is 9.76. The van der Waals surface area contributed by atoms with Crippen LogP contribution in [0.5, 0.6) is 11.8 Å². The Balaban J connectivity index is 1.27. The summed E-state index contributed by atoms with van der Waals surface area (Å²) in [4.78, 5) is 18.5. The number of piperidine rings is 1. The molecule has 2 aromatic carbocycles. The van der Waals surface area contributed by atoms with Crippen molar-refractivity contribution in [2.24, 2.45) is 12.5 Å². The Morgan fingerprint density at radius 3 is 2.80 bits per heavy atom. The number of phenolic OH excluding ortho intramolecular Hbond substituents is 1. The number of rotatable bonds is 5. The zero-order chi connectivity index (χ0) is 31.7. The summed E-state index contributed by atoms with van der Waals surface area (Å²) in [5, 5.41) is 16.3. The summed E-state index contributed by atoms with van der Waals surface area (Å²) in [5.41, 5.74) is 2.03. The van der Waals surface area contributed by atoms with Gasteiger partial charge in [-0.2, -0.15) is 15.1 Å². The van der Waals surface area contributed by atoms with Crippen molar-refractivity contribution in [3.05, 3.63) is 65.1 Å². The van der Waals surface area contributed by atoms with Crippen LogP contribution in [0.15, 0.2) is 36.7 Å². The van der Waals surface area contributed by atoms with E-state index in [9.17, 15) is 9.50 Å². The second-order valence-electron chi connectivity index (χ2n) is 12.9. The van der Waals surface area contributed by atoms with Crippen LogP contribution in [0.3, 0.4) is 0 Å². The van der Waals surface area contributed by atoms with Crippen molar-refractivity contribution in [3.63, 3.8) is 0 Å². The number of hydrogen-bond donors (Lipinski definition) is 1. The molecular formula is C35H33F2N7O2. The molecule has 5 heterocycles. The maximum absolute atomic E-state index is 16.8. The number of aromatic hydroxyl groups is 1. The first-order valence-electron chi connectivity index (χ1n) is 15.6. The normalized spacial score (nSPS) is 21.1. The SMILES string of the molecule is C#Cc1c(F)ccc2cc(O)cc(-c3ncc4c(N5Cc6cn(C)nc6C5)nc(OC[C@]56CCC[C@H]5N(C)CCC6)nc4c3F)c12. The van der Waals surface area contributed by atoms with Crippen molar-refractivity contribution in [1.29, 1.82) is 0 Å². The Labute approximate surface area is 264 Å². The highest BCUT2D eigenvalue weighted by atomic mass is 19.1. The van der Waals surface area contributed by atoms with Crippen molar-refractivity contribution in [2.75, 3.05) is 25.1 Å². The molecule has 1 N–H and O–H groups in total. The fraction of sp³-hybridized carbons (Fsp3) is 0.371. The van der Waals surface area contributed by atoms with Crippen molar-refractivity contribution in [2.45, 2.75) is 51.2 Å². The predicted octanol–water partition coefficient (Wildman–Crippen LogP) is 5.71. The van der Waals surface area contributed by atoms with Gasteiger partial charge in [0, 0.05) is 54.0 Å². The number of pyridine rings is 1. The number of fused-ring (bicyclic) bond motifs is 4. The van der Waals surface area contributed by atoms with Crippen molar-refractivity contribution >= 4 is 27.5 Å². The Kier molecular flexibility index (Phi) is 6.62. The molecule has 9 nitrogen and oxygen atoms in total. The molecule has 0 radical (unpaired) electrons. The molecule has 46 heavy (non-hydrogen) atoms. The van der Waals surface area contributed by atoms with Crippen LogP contribution in [0, 0.1) is 29.4 Å². The molecule has 3 aromatic heterocycles. The molecule has 1 saturated heterocycles. The van der Waals surface area contributed by atoms with Gasteiger partial charge in [0.1, 0.15) is 28.6 Å².